The predicted molar refractivity (Wildman–Crippen MR) is 78.9 cm³/mol. The second-order valence-corrected chi connectivity index (χ2v) is 7.63. The van der Waals surface area contributed by atoms with Gasteiger partial charge in [0.15, 0.2) is 0 Å². The summed E-state index contributed by atoms with van der Waals surface area (Å²) >= 11 is 0. The highest BCUT2D eigenvalue weighted by molar-refractivity contribution is 7.89. The highest BCUT2D eigenvalue weighted by Gasteiger charge is 2.36. The van der Waals surface area contributed by atoms with Gasteiger partial charge in [0, 0.05) is 25.2 Å². The van der Waals surface area contributed by atoms with Crippen LogP contribution < -0.4 is 5.32 Å². The number of hydrogen-bond acceptors (Lipinski definition) is 3. The first-order chi connectivity index (χ1) is 9.61. The molecule has 1 aromatic rings. The molecule has 0 aromatic heterocycles. The molecule has 0 atom stereocenters. The van der Waals surface area contributed by atoms with Crippen LogP contribution in [0.1, 0.15) is 38.2 Å². The molecule has 0 saturated heterocycles. The number of benzene rings is 1. The fraction of sp³-hybridized carbons (Fsp3) is 0.600. The number of rotatable bonds is 7. The minimum absolute atomic E-state index is 0.221. The summed E-state index contributed by atoms with van der Waals surface area (Å²) < 4.78 is 26.9. The molecule has 0 heterocycles. The van der Waals surface area contributed by atoms with Crippen molar-refractivity contribution in [2.75, 3.05) is 6.54 Å². The quantitative estimate of drug-likeness (QED) is 0.838. The first-order valence-electron chi connectivity index (χ1n) is 7.45. The Morgan fingerprint density at radius 3 is 2.60 bits per heavy atom. The average molecular weight is 294 g/mol. The largest absolute Gasteiger partial charge is 0.310 e. The summed E-state index contributed by atoms with van der Waals surface area (Å²) in [5.41, 5.74) is 1.05. The number of sulfonamides is 1. The van der Waals surface area contributed by atoms with Gasteiger partial charge in [0.2, 0.25) is 10.0 Å². The second kappa shape index (κ2) is 5.47. The molecule has 0 bridgehead atoms. The lowest BCUT2D eigenvalue weighted by Gasteiger charge is -2.20. The number of hydrogen-bond donors (Lipinski definition) is 1. The molecule has 2 saturated carbocycles. The smallest absolute Gasteiger partial charge is 0.243 e. The SMILES string of the molecule is CCN(C1CC1)S(=O)(=O)c1cccc(CNC2CC2)c1. The van der Waals surface area contributed by atoms with Gasteiger partial charge in [-0.2, -0.15) is 4.31 Å². The molecule has 20 heavy (non-hydrogen) atoms. The molecule has 1 N–H and O–H groups in total. The zero-order valence-electron chi connectivity index (χ0n) is 11.9. The first kappa shape index (κ1) is 14.0. The van der Waals surface area contributed by atoms with Crippen LogP contribution in [0.15, 0.2) is 29.2 Å². The van der Waals surface area contributed by atoms with Crippen molar-refractivity contribution in [3.8, 4) is 0 Å². The third-order valence-electron chi connectivity index (χ3n) is 3.94. The van der Waals surface area contributed by atoms with Gasteiger partial charge >= 0.3 is 0 Å². The maximum atomic E-state index is 12.7. The van der Waals surface area contributed by atoms with E-state index in [1.54, 1.807) is 10.4 Å². The molecule has 4 nitrogen and oxygen atoms in total. The summed E-state index contributed by atoms with van der Waals surface area (Å²) in [6.07, 6.45) is 4.47. The summed E-state index contributed by atoms with van der Waals surface area (Å²) in [5.74, 6) is 0. The second-order valence-electron chi connectivity index (χ2n) is 5.74. The molecule has 0 unspecified atom stereocenters. The van der Waals surface area contributed by atoms with Crippen LogP contribution >= 0.6 is 0 Å². The molecule has 110 valence electrons. The lowest BCUT2D eigenvalue weighted by atomic mass is 10.2. The molecule has 0 aliphatic heterocycles. The van der Waals surface area contributed by atoms with Crippen LogP contribution in [0, 0.1) is 0 Å². The summed E-state index contributed by atoms with van der Waals surface area (Å²) in [5, 5.41) is 3.42. The molecule has 3 rings (SSSR count). The van der Waals surface area contributed by atoms with Gasteiger partial charge in [0.25, 0.3) is 0 Å². The Bertz CT molecular complexity index is 577. The molecule has 0 radical (unpaired) electrons. The van der Waals surface area contributed by atoms with E-state index >= 15 is 0 Å². The standard InChI is InChI=1S/C15H22N2O2S/c1-2-17(14-8-9-14)20(18,19)15-5-3-4-12(10-15)11-16-13-6-7-13/h3-5,10,13-14,16H,2,6-9,11H2,1H3. The van der Waals surface area contributed by atoms with Gasteiger partial charge < -0.3 is 5.32 Å². The van der Waals surface area contributed by atoms with Crippen LogP contribution in [0.5, 0.6) is 0 Å². The van der Waals surface area contributed by atoms with E-state index in [0.29, 0.717) is 17.5 Å². The molecule has 0 amide bonds. The fourth-order valence-corrected chi connectivity index (χ4v) is 4.25. The number of nitrogens with one attached hydrogen (secondary N) is 1. The highest BCUT2D eigenvalue weighted by Crippen LogP contribution is 2.31. The van der Waals surface area contributed by atoms with Crippen LogP contribution in [-0.4, -0.2) is 31.4 Å². The van der Waals surface area contributed by atoms with E-state index in [4.69, 9.17) is 0 Å². The van der Waals surface area contributed by atoms with Crippen LogP contribution in [-0.2, 0) is 16.6 Å². The Labute approximate surface area is 121 Å². The first-order valence-corrected chi connectivity index (χ1v) is 8.89. The van der Waals surface area contributed by atoms with E-state index in [-0.39, 0.29) is 6.04 Å². The summed E-state index contributed by atoms with van der Waals surface area (Å²) in [4.78, 5) is 0.432. The van der Waals surface area contributed by atoms with Crippen LogP contribution in [0.4, 0.5) is 0 Å². The van der Waals surface area contributed by atoms with E-state index in [1.807, 2.05) is 25.1 Å². The van der Waals surface area contributed by atoms with E-state index in [2.05, 4.69) is 5.32 Å². The molecule has 2 aliphatic carbocycles. The van der Waals surface area contributed by atoms with Crippen molar-refractivity contribution in [2.45, 2.75) is 56.1 Å². The van der Waals surface area contributed by atoms with Gasteiger partial charge in [0.1, 0.15) is 0 Å². The Kier molecular flexibility index (Phi) is 3.84. The van der Waals surface area contributed by atoms with Crippen LogP contribution in [0.2, 0.25) is 0 Å². The third-order valence-corrected chi connectivity index (χ3v) is 5.97. The van der Waals surface area contributed by atoms with Crippen molar-refractivity contribution < 1.29 is 8.42 Å². The van der Waals surface area contributed by atoms with Crippen molar-refractivity contribution in [3.63, 3.8) is 0 Å². The molecule has 5 heteroatoms. The van der Waals surface area contributed by atoms with Gasteiger partial charge in [-0.25, -0.2) is 8.42 Å². The number of nitrogens with zero attached hydrogens (tertiary/aromatic N) is 1. The van der Waals surface area contributed by atoms with Gasteiger partial charge in [-0.05, 0) is 43.4 Å². The zero-order chi connectivity index (χ0) is 14.2. The van der Waals surface area contributed by atoms with Crippen molar-refractivity contribution in [1.29, 1.82) is 0 Å². The Hall–Kier alpha value is -0.910. The van der Waals surface area contributed by atoms with E-state index in [0.717, 1.165) is 24.9 Å². The van der Waals surface area contributed by atoms with Crippen LogP contribution in [0.25, 0.3) is 0 Å². The predicted octanol–water partition coefficient (Wildman–Crippen LogP) is 2.11. The van der Waals surface area contributed by atoms with Crippen molar-refractivity contribution >= 4 is 10.0 Å². The summed E-state index contributed by atoms with van der Waals surface area (Å²) in [7, 11) is -3.33. The molecule has 2 aliphatic rings. The summed E-state index contributed by atoms with van der Waals surface area (Å²) in [6.45, 7) is 3.22. The lowest BCUT2D eigenvalue weighted by Crippen LogP contribution is -2.33. The molecular weight excluding hydrogens is 272 g/mol. The van der Waals surface area contributed by atoms with Gasteiger partial charge in [-0.1, -0.05) is 19.1 Å². The van der Waals surface area contributed by atoms with Crippen molar-refractivity contribution in [1.82, 2.24) is 9.62 Å². The van der Waals surface area contributed by atoms with E-state index < -0.39 is 10.0 Å². The lowest BCUT2D eigenvalue weighted by molar-refractivity contribution is 0.421. The van der Waals surface area contributed by atoms with E-state index in [9.17, 15) is 8.42 Å². The van der Waals surface area contributed by atoms with Crippen molar-refractivity contribution in [2.24, 2.45) is 0 Å². The minimum atomic E-state index is -3.33. The molecule has 1 aromatic carbocycles. The Balaban J connectivity index is 1.78. The molecular formula is C15H22N2O2S. The minimum Gasteiger partial charge on any atom is -0.310 e. The van der Waals surface area contributed by atoms with Gasteiger partial charge in [-0.15, -0.1) is 0 Å². The highest BCUT2D eigenvalue weighted by atomic mass is 32.2. The maximum absolute atomic E-state index is 12.7. The fourth-order valence-electron chi connectivity index (χ4n) is 2.49. The Morgan fingerprint density at radius 1 is 1.25 bits per heavy atom. The Morgan fingerprint density at radius 2 is 2.00 bits per heavy atom. The van der Waals surface area contributed by atoms with E-state index in [1.165, 1.54) is 12.8 Å². The average Bonchev–Trinajstić information content (AvgIpc) is 3.31. The normalized spacial score (nSPS) is 19.5. The molecule has 0 spiro atoms. The van der Waals surface area contributed by atoms with Gasteiger partial charge in [-0.3, -0.25) is 0 Å². The van der Waals surface area contributed by atoms with Gasteiger partial charge in [0.05, 0.1) is 4.90 Å². The topological polar surface area (TPSA) is 49.4 Å². The summed E-state index contributed by atoms with van der Waals surface area (Å²) in [6, 6.07) is 8.21. The maximum Gasteiger partial charge on any atom is 0.243 e. The zero-order valence-corrected chi connectivity index (χ0v) is 12.7. The van der Waals surface area contributed by atoms with Crippen LogP contribution in [0.3, 0.4) is 0 Å². The third kappa shape index (κ3) is 3.05. The van der Waals surface area contributed by atoms with Crippen molar-refractivity contribution in [3.05, 3.63) is 29.8 Å². The monoisotopic (exact) mass is 294 g/mol. The molecule has 2 fully saturated rings.